The van der Waals surface area contributed by atoms with Crippen LogP contribution in [-0.2, 0) is 0 Å². The van der Waals surface area contributed by atoms with Crippen molar-refractivity contribution in [1.29, 1.82) is 0 Å². The van der Waals surface area contributed by atoms with Gasteiger partial charge in [0.25, 0.3) is 0 Å². The van der Waals surface area contributed by atoms with Crippen molar-refractivity contribution in [1.82, 2.24) is 4.48 Å². The smallest absolute Gasteiger partial charge is 0.390 e. The molecular weight excluding hydrogens is 353 g/mol. The Morgan fingerprint density at radius 2 is 1.68 bits per heavy atom. The van der Waals surface area contributed by atoms with E-state index in [0.29, 0.717) is 28.7 Å². The van der Waals surface area contributed by atoms with Gasteiger partial charge in [0.05, 0.1) is 0 Å². The van der Waals surface area contributed by atoms with Gasteiger partial charge in [-0.2, -0.15) is 0 Å². The molecule has 0 amide bonds. The van der Waals surface area contributed by atoms with Crippen LogP contribution in [0, 0.1) is 12.8 Å². The van der Waals surface area contributed by atoms with E-state index in [-0.39, 0.29) is 0 Å². The molecule has 146 valence electrons. The maximum atomic E-state index is 15.9. The molecule has 0 unspecified atom stereocenters. The highest BCUT2D eigenvalue weighted by Gasteiger charge is 2.54. The fraction of sp³-hybridized carbons (Fsp3) is 0.348. The molecule has 0 fully saturated rings. The standard InChI is InChI=1S/C23H27BF2N2/c1-15(2)6-12-21-17(4)23-14-20-11-13-22(19-9-7-16(3)8-10-19)28(20)24(25,26)27(23)18(21)5/h7-11,13-15H,6,12H2,1-5H3. The van der Waals surface area contributed by atoms with Crippen molar-refractivity contribution in [3.63, 3.8) is 0 Å². The molecule has 0 N–H and O–H groups in total. The van der Waals surface area contributed by atoms with Gasteiger partial charge in [-0.15, -0.1) is 0 Å². The molecule has 1 aromatic heterocycles. The zero-order valence-corrected chi connectivity index (χ0v) is 17.3. The zero-order chi connectivity index (χ0) is 20.2. The van der Waals surface area contributed by atoms with Crippen LogP contribution in [0.15, 0.2) is 53.2 Å². The molecule has 0 saturated heterocycles. The molecule has 4 rings (SSSR count). The molecule has 0 spiro atoms. The molecule has 0 radical (unpaired) electrons. The summed E-state index contributed by atoms with van der Waals surface area (Å²) in [5.74, 6) is 0.549. The summed E-state index contributed by atoms with van der Waals surface area (Å²) in [6, 6.07) is 11.4. The average molecular weight is 380 g/mol. The van der Waals surface area contributed by atoms with Crippen LogP contribution >= 0.6 is 0 Å². The van der Waals surface area contributed by atoms with Crippen molar-refractivity contribution in [2.75, 3.05) is 0 Å². The summed E-state index contributed by atoms with van der Waals surface area (Å²) in [6.07, 6.45) is 3.76. The summed E-state index contributed by atoms with van der Waals surface area (Å²) in [4.78, 5) is 0. The SMILES string of the molecule is CC1=C(CCC(C)C)C(C)=[N+]2C1=Cc1ccc(-c3ccc(C)cc3)n1[B-]2(F)F. The second-order valence-electron chi connectivity index (χ2n) is 8.49. The Kier molecular flexibility index (Phi) is 4.44. The van der Waals surface area contributed by atoms with Crippen LogP contribution in [0.25, 0.3) is 17.3 Å². The highest BCUT2D eigenvalue weighted by Crippen LogP contribution is 2.40. The summed E-state index contributed by atoms with van der Waals surface area (Å²) < 4.78 is 34.3. The van der Waals surface area contributed by atoms with Crippen molar-refractivity contribution >= 4 is 18.8 Å². The third-order valence-electron chi connectivity index (χ3n) is 6.07. The van der Waals surface area contributed by atoms with Crippen LogP contribution in [0.4, 0.5) is 8.63 Å². The van der Waals surface area contributed by atoms with Crippen LogP contribution < -0.4 is 0 Å². The van der Waals surface area contributed by atoms with Crippen LogP contribution in [0.3, 0.4) is 0 Å². The average Bonchev–Trinajstić information content (AvgIpc) is 3.15. The van der Waals surface area contributed by atoms with Gasteiger partial charge in [0.2, 0.25) is 0 Å². The molecule has 3 heterocycles. The minimum atomic E-state index is -3.95. The number of benzene rings is 1. The Balaban J connectivity index is 1.85. The second-order valence-corrected chi connectivity index (χ2v) is 8.49. The van der Waals surface area contributed by atoms with Crippen molar-refractivity contribution < 1.29 is 13.1 Å². The van der Waals surface area contributed by atoms with Gasteiger partial charge in [0, 0.05) is 35.5 Å². The number of halogens is 2. The van der Waals surface area contributed by atoms with E-state index < -0.39 is 6.97 Å². The lowest BCUT2D eigenvalue weighted by atomic mass is 9.89. The van der Waals surface area contributed by atoms with E-state index in [1.165, 1.54) is 8.96 Å². The largest absolute Gasteiger partial charge is 0.737 e. The zero-order valence-electron chi connectivity index (χ0n) is 17.3. The van der Waals surface area contributed by atoms with Gasteiger partial charge >= 0.3 is 6.97 Å². The topological polar surface area (TPSA) is 7.94 Å². The molecular formula is C23H27BF2N2. The lowest BCUT2D eigenvalue weighted by Gasteiger charge is -2.31. The van der Waals surface area contributed by atoms with Gasteiger partial charge in [-0.25, -0.2) is 0 Å². The number of rotatable bonds is 4. The van der Waals surface area contributed by atoms with E-state index in [0.717, 1.165) is 35.1 Å². The van der Waals surface area contributed by atoms with E-state index in [4.69, 9.17) is 0 Å². The van der Waals surface area contributed by atoms with Gasteiger partial charge in [0.15, 0.2) is 5.70 Å². The molecule has 2 aliphatic rings. The Morgan fingerprint density at radius 3 is 2.32 bits per heavy atom. The van der Waals surface area contributed by atoms with E-state index in [1.807, 2.05) is 63.2 Å². The summed E-state index contributed by atoms with van der Waals surface area (Å²) in [5, 5.41) is 0. The highest BCUT2D eigenvalue weighted by molar-refractivity contribution is 6.58. The molecule has 5 heteroatoms. The number of aromatic nitrogens is 1. The molecule has 0 bridgehead atoms. The summed E-state index contributed by atoms with van der Waals surface area (Å²) in [7, 11) is 0. The molecule has 0 saturated carbocycles. The van der Waals surface area contributed by atoms with Gasteiger partial charge < -0.3 is 17.6 Å². The first-order valence-corrected chi connectivity index (χ1v) is 10.1. The molecule has 1 aromatic carbocycles. The first-order valence-electron chi connectivity index (χ1n) is 10.1. The predicted octanol–water partition coefficient (Wildman–Crippen LogP) is 6.28. The fourth-order valence-corrected chi connectivity index (χ4v) is 4.46. The summed E-state index contributed by atoms with van der Waals surface area (Å²) >= 11 is 0. The molecule has 2 nitrogen and oxygen atoms in total. The number of fused-ring (bicyclic) bond motifs is 2. The molecule has 0 aliphatic carbocycles. The molecule has 0 atom stereocenters. The maximum Gasteiger partial charge on any atom is 0.737 e. The van der Waals surface area contributed by atoms with Crippen LogP contribution in [0.1, 0.15) is 51.8 Å². The Morgan fingerprint density at radius 1 is 1.00 bits per heavy atom. The van der Waals surface area contributed by atoms with E-state index in [2.05, 4.69) is 13.8 Å². The maximum absolute atomic E-state index is 15.9. The normalized spacial score (nSPS) is 17.9. The van der Waals surface area contributed by atoms with Crippen molar-refractivity contribution in [3.8, 4) is 11.3 Å². The molecule has 2 aliphatic heterocycles. The van der Waals surface area contributed by atoms with Crippen molar-refractivity contribution in [3.05, 3.63) is 64.5 Å². The van der Waals surface area contributed by atoms with Crippen molar-refractivity contribution in [2.24, 2.45) is 5.92 Å². The molecule has 28 heavy (non-hydrogen) atoms. The van der Waals surface area contributed by atoms with E-state index in [9.17, 15) is 0 Å². The van der Waals surface area contributed by atoms with E-state index in [1.54, 1.807) is 0 Å². The first-order chi connectivity index (χ1) is 13.2. The second kappa shape index (κ2) is 6.58. The van der Waals surface area contributed by atoms with Crippen molar-refractivity contribution in [2.45, 2.75) is 47.5 Å². The molecule has 2 aromatic rings. The van der Waals surface area contributed by atoms with Crippen LogP contribution in [0.5, 0.6) is 0 Å². The van der Waals surface area contributed by atoms with E-state index >= 15 is 8.63 Å². The number of allylic oxidation sites excluding steroid dienone is 2. The Labute approximate surface area is 165 Å². The number of hydrogen-bond acceptors (Lipinski definition) is 0. The highest BCUT2D eigenvalue weighted by atomic mass is 19.2. The van der Waals surface area contributed by atoms with Gasteiger partial charge in [0.1, 0.15) is 5.71 Å². The van der Waals surface area contributed by atoms with Gasteiger partial charge in [-0.3, -0.25) is 0 Å². The van der Waals surface area contributed by atoms with Gasteiger partial charge in [-0.1, -0.05) is 43.7 Å². The summed E-state index contributed by atoms with van der Waals surface area (Å²) in [5.41, 5.74) is 6.49. The fourth-order valence-electron chi connectivity index (χ4n) is 4.46. The third-order valence-corrected chi connectivity index (χ3v) is 6.07. The lowest BCUT2D eigenvalue weighted by Crippen LogP contribution is -2.50. The Bertz CT molecular complexity index is 1040. The minimum absolute atomic E-state index is 0.549. The lowest BCUT2D eigenvalue weighted by molar-refractivity contribution is -0.362. The van der Waals surface area contributed by atoms with Crippen LogP contribution in [0.2, 0.25) is 0 Å². The predicted molar refractivity (Wildman–Crippen MR) is 114 cm³/mol. The Hall–Kier alpha value is -2.43. The summed E-state index contributed by atoms with van der Waals surface area (Å²) in [6.45, 7) is 6.22. The van der Waals surface area contributed by atoms with Crippen LogP contribution in [-0.4, -0.2) is 21.6 Å². The number of hydrogen-bond donors (Lipinski definition) is 0. The number of nitrogens with zero attached hydrogens (tertiary/aromatic N) is 2. The van der Waals surface area contributed by atoms with Gasteiger partial charge in [-0.05, 0) is 50.3 Å². The number of aryl methyl sites for hydroxylation is 1. The first kappa shape index (κ1) is 18.9. The quantitative estimate of drug-likeness (QED) is 0.552. The monoisotopic (exact) mass is 380 g/mol. The third kappa shape index (κ3) is 2.79. The minimum Gasteiger partial charge on any atom is -0.390 e.